The van der Waals surface area contributed by atoms with Crippen LogP contribution in [0.2, 0.25) is 0 Å². The van der Waals surface area contributed by atoms with Gasteiger partial charge in [0, 0.05) is 16.5 Å². The summed E-state index contributed by atoms with van der Waals surface area (Å²) in [6.07, 6.45) is 21.1. The first-order valence-corrected chi connectivity index (χ1v) is 19.2. The molecule has 0 saturated carbocycles. The van der Waals surface area contributed by atoms with Crippen LogP contribution in [0.5, 0.6) is 11.5 Å². The second-order valence-corrected chi connectivity index (χ2v) is 14.1. The van der Waals surface area contributed by atoms with Crippen LogP contribution in [0, 0.1) is 5.92 Å². The summed E-state index contributed by atoms with van der Waals surface area (Å²) in [7, 11) is 0. The molecular formula is C44H54N2O3. The molecule has 0 bridgehead atoms. The third-order valence-corrected chi connectivity index (χ3v) is 10.4. The normalized spacial score (nSPS) is 12.7. The van der Waals surface area contributed by atoms with Gasteiger partial charge in [0.25, 0.3) is 5.56 Å². The van der Waals surface area contributed by atoms with Gasteiger partial charge < -0.3 is 9.84 Å². The van der Waals surface area contributed by atoms with Gasteiger partial charge in [0.2, 0.25) is 0 Å². The Morgan fingerprint density at radius 2 is 1.29 bits per heavy atom. The predicted octanol–water partition coefficient (Wildman–Crippen LogP) is 11.8. The second kappa shape index (κ2) is 17.0. The number of nitrogens with zero attached hydrogens (tertiary/aromatic N) is 2. The Morgan fingerprint density at radius 3 is 1.96 bits per heavy atom. The molecule has 1 aliphatic rings. The van der Waals surface area contributed by atoms with E-state index in [9.17, 15) is 9.90 Å². The number of hydrogen-bond acceptors (Lipinski definition) is 4. The van der Waals surface area contributed by atoms with Crippen LogP contribution in [0.25, 0.3) is 38.7 Å². The van der Waals surface area contributed by atoms with Crippen LogP contribution < -0.4 is 15.7 Å². The molecule has 1 atom stereocenters. The lowest BCUT2D eigenvalue weighted by atomic mass is 9.94. The lowest BCUT2D eigenvalue weighted by molar-refractivity contribution is 0.224. The third kappa shape index (κ3) is 7.87. The van der Waals surface area contributed by atoms with Gasteiger partial charge >= 0.3 is 0 Å². The van der Waals surface area contributed by atoms with Gasteiger partial charge in [0.05, 0.1) is 23.4 Å². The van der Waals surface area contributed by atoms with Gasteiger partial charge in [-0.15, -0.1) is 0 Å². The van der Waals surface area contributed by atoms with Gasteiger partial charge in [-0.1, -0.05) is 146 Å². The number of aromatic hydroxyl groups is 1. The van der Waals surface area contributed by atoms with E-state index in [1.54, 1.807) is 4.40 Å². The molecule has 0 aliphatic carbocycles. The maximum atomic E-state index is 14.4. The Bertz CT molecular complexity index is 1940. The number of aromatic nitrogens is 1. The van der Waals surface area contributed by atoms with Crippen molar-refractivity contribution >= 4 is 22.1 Å². The van der Waals surface area contributed by atoms with Crippen LogP contribution >= 0.6 is 0 Å². The molecule has 3 aromatic carbocycles. The topological polar surface area (TPSA) is 63.3 Å². The fourth-order valence-electron chi connectivity index (χ4n) is 7.67. The highest BCUT2D eigenvalue weighted by molar-refractivity contribution is 6.00. The molecule has 0 saturated heterocycles. The summed E-state index contributed by atoms with van der Waals surface area (Å²) in [5, 5.41) is 12.6. The summed E-state index contributed by atoms with van der Waals surface area (Å²) in [5.74, 6) is 1.50. The van der Waals surface area contributed by atoms with Crippen molar-refractivity contribution in [2.75, 3.05) is 6.61 Å². The minimum Gasteiger partial charge on any atom is -0.505 e. The van der Waals surface area contributed by atoms with E-state index in [1.807, 2.05) is 72.8 Å². The smallest absolute Gasteiger partial charge is 0.264 e. The van der Waals surface area contributed by atoms with Crippen molar-refractivity contribution < 1.29 is 9.84 Å². The van der Waals surface area contributed by atoms with Gasteiger partial charge in [0.1, 0.15) is 16.6 Å². The Hall–Kier alpha value is -4.12. The summed E-state index contributed by atoms with van der Waals surface area (Å²) >= 11 is 0. The Balaban J connectivity index is 1.19. The molecular weight excluding hydrogens is 604 g/mol. The van der Waals surface area contributed by atoms with Crippen molar-refractivity contribution in [2.45, 2.75) is 117 Å². The first kappa shape index (κ1) is 34.7. The van der Waals surface area contributed by atoms with Crippen molar-refractivity contribution in [3.05, 3.63) is 88.5 Å². The summed E-state index contributed by atoms with van der Waals surface area (Å²) in [4.78, 5) is 19.3. The highest BCUT2D eigenvalue weighted by Crippen LogP contribution is 2.41. The molecule has 5 nitrogen and oxygen atoms in total. The summed E-state index contributed by atoms with van der Waals surface area (Å²) in [6.45, 7) is 5.29. The van der Waals surface area contributed by atoms with E-state index in [0.717, 1.165) is 34.7 Å². The zero-order valence-electron chi connectivity index (χ0n) is 29.7. The maximum absolute atomic E-state index is 14.4. The number of hydrogen-bond donors (Lipinski definition) is 1. The minimum absolute atomic E-state index is 0.0956. The number of rotatable bonds is 20. The molecule has 0 spiro atoms. The van der Waals surface area contributed by atoms with Gasteiger partial charge in [-0.2, -0.15) is 0 Å². The summed E-state index contributed by atoms with van der Waals surface area (Å²) in [6, 6.07) is 23.4. The first-order chi connectivity index (χ1) is 24.1. The van der Waals surface area contributed by atoms with Crippen LogP contribution in [0.1, 0.15) is 117 Å². The number of para-hydroxylation sites is 2. The number of pyridine rings is 1. The SMILES string of the molecule is CCCCCCCCCCC(CCCCCCCC)COc1ccc(-c2c3c(c4c(O)c5ccccc5n4c2=O)=Nc2ccccc2-3)cc1. The van der Waals surface area contributed by atoms with Gasteiger partial charge in [-0.3, -0.25) is 9.20 Å². The van der Waals surface area contributed by atoms with Crippen LogP contribution in [0.4, 0.5) is 5.69 Å². The maximum Gasteiger partial charge on any atom is 0.264 e. The molecule has 5 aromatic rings. The molecule has 258 valence electrons. The van der Waals surface area contributed by atoms with E-state index in [0.29, 0.717) is 33.3 Å². The third-order valence-electron chi connectivity index (χ3n) is 10.4. The van der Waals surface area contributed by atoms with Gasteiger partial charge in [-0.25, -0.2) is 4.99 Å². The van der Waals surface area contributed by atoms with Gasteiger partial charge in [0.15, 0.2) is 5.75 Å². The van der Waals surface area contributed by atoms with E-state index in [-0.39, 0.29) is 11.3 Å². The quantitative estimate of drug-likeness (QED) is 0.0830. The minimum atomic E-state index is -0.157. The molecule has 6 rings (SSSR count). The van der Waals surface area contributed by atoms with Crippen molar-refractivity contribution in [2.24, 2.45) is 10.9 Å². The lowest BCUT2D eigenvalue weighted by Crippen LogP contribution is -2.23. The Morgan fingerprint density at radius 1 is 0.694 bits per heavy atom. The standard InChI is InChI=1S/C44H54N2O3/c1-3-5-7-9-11-12-14-16-22-32(21-15-13-10-8-6-4-2)31-49-34-29-27-33(28-30-34)39-40-35-23-17-19-25-37(35)45-41(40)42-43(47)36-24-18-20-26-38(36)46(42)44(39)48/h17-20,23-30,32,47H,3-16,21-22,31H2,1-2H3. The van der Waals surface area contributed by atoms with E-state index < -0.39 is 0 Å². The highest BCUT2D eigenvalue weighted by Gasteiger charge is 2.27. The first-order valence-electron chi connectivity index (χ1n) is 19.2. The molecule has 0 radical (unpaired) electrons. The molecule has 3 heterocycles. The summed E-state index contributed by atoms with van der Waals surface area (Å²) in [5.41, 5.74) is 4.91. The largest absolute Gasteiger partial charge is 0.505 e. The fourth-order valence-corrected chi connectivity index (χ4v) is 7.67. The molecule has 2 aromatic heterocycles. The van der Waals surface area contributed by atoms with Crippen molar-refractivity contribution in [3.8, 4) is 33.8 Å². The molecule has 5 heteroatoms. The zero-order valence-corrected chi connectivity index (χ0v) is 29.7. The fraction of sp³-hybridized carbons (Fsp3) is 0.455. The monoisotopic (exact) mass is 658 g/mol. The number of unbranched alkanes of at least 4 members (excludes halogenated alkanes) is 12. The predicted molar refractivity (Wildman–Crippen MR) is 204 cm³/mol. The van der Waals surface area contributed by atoms with E-state index in [4.69, 9.17) is 9.73 Å². The zero-order chi connectivity index (χ0) is 34.0. The van der Waals surface area contributed by atoms with Crippen LogP contribution in [0.3, 0.4) is 0 Å². The lowest BCUT2D eigenvalue weighted by Gasteiger charge is -2.18. The second-order valence-electron chi connectivity index (χ2n) is 14.1. The number of ether oxygens (including phenoxy) is 1. The molecule has 49 heavy (non-hydrogen) atoms. The van der Waals surface area contributed by atoms with Crippen molar-refractivity contribution in [1.82, 2.24) is 4.40 Å². The van der Waals surface area contributed by atoms with Crippen LogP contribution in [0.15, 0.2) is 82.6 Å². The molecule has 1 aliphatic heterocycles. The Labute approximate surface area is 292 Å². The van der Waals surface area contributed by atoms with Crippen molar-refractivity contribution in [1.29, 1.82) is 0 Å². The highest BCUT2D eigenvalue weighted by atomic mass is 16.5. The average molecular weight is 659 g/mol. The van der Waals surface area contributed by atoms with E-state index in [2.05, 4.69) is 13.8 Å². The van der Waals surface area contributed by atoms with E-state index >= 15 is 0 Å². The number of benzene rings is 3. The van der Waals surface area contributed by atoms with Crippen LogP contribution in [-0.4, -0.2) is 16.1 Å². The summed E-state index contributed by atoms with van der Waals surface area (Å²) < 4.78 is 8.09. The average Bonchev–Trinajstić information content (AvgIpc) is 3.65. The Kier molecular flexibility index (Phi) is 12.1. The molecule has 1 N–H and O–H groups in total. The van der Waals surface area contributed by atoms with E-state index in [1.165, 1.54) is 103 Å². The van der Waals surface area contributed by atoms with Crippen molar-refractivity contribution in [3.63, 3.8) is 0 Å². The van der Waals surface area contributed by atoms with Crippen LogP contribution in [-0.2, 0) is 0 Å². The molecule has 1 unspecified atom stereocenters. The molecule has 0 amide bonds. The number of fused-ring (bicyclic) bond motifs is 7. The van der Waals surface area contributed by atoms with Gasteiger partial charge in [-0.05, 0) is 54.7 Å². The molecule has 0 fully saturated rings.